The van der Waals surface area contributed by atoms with Gasteiger partial charge in [0.1, 0.15) is 0 Å². The Morgan fingerprint density at radius 3 is 2.26 bits per heavy atom. The summed E-state index contributed by atoms with van der Waals surface area (Å²) in [4.78, 5) is 12.2. The topological polar surface area (TPSA) is 43.1 Å². The third kappa shape index (κ3) is 4.08. The van der Waals surface area contributed by atoms with Gasteiger partial charge in [0, 0.05) is 26.3 Å². The molecule has 0 saturated heterocycles. The van der Waals surface area contributed by atoms with Crippen molar-refractivity contribution in [1.29, 1.82) is 0 Å². The van der Waals surface area contributed by atoms with Crippen molar-refractivity contribution in [2.75, 3.05) is 5.73 Å². The molecule has 0 atom stereocenters. The van der Waals surface area contributed by atoms with Crippen LogP contribution in [0.1, 0.15) is 29.8 Å². The highest BCUT2D eigenvalue weighted by molar-refractivity contribution is 9.10. The number of ketones is 1. The van der Waals surface area contributed by atoms with Crippen LogP contribution in [0.15, 0.2) is 46.9 Å². The van der Waals surface area contributed by atoms with E-state index in [9.17, 15) is 4.79 Å². The Hall–Kier alpha value is -1.32. The summed E-state index contributed by atoms with van der Waals surface area (Å²) in [6.45, 7) is 4.00. The number of carbonyl (C=O) groups excluding carboxylic acids is 1. The molecule has 0 amide bonds. The number of benzene rings is 2. The van der Waals surface area contributed by atoms with Crippen LogP contribution < -0.4 is 5.73 Å². The van der Waals surface area contributed by atoms with Crippen LogP contribution in [0, 0.1) is 0 Å². The van der Waals surface area contributed by atoms with Crippen LogP contribution in [0.5, 0.6) is 0 Å². The molecule has 0 spiro atoms. The van der Waals surface area contributed by atoms with Crippen molar-refractivity contribution in [3.05, 3.63) is 63.1 Å². The van der Waals surface area contributed by atoms with E-state index in [1.54, 1.807) is 42.5 Å². The highest BCUT2D eigenvalue weighted by Gasteiger charge is 2.12. The highest BCUT2D eigenvalue weighted by atomic mass is 79.9. The van der Waals surface area contributed by atoms with Crippen molar-refractivity contribution in [2.24, 2.45) is 0 Å². The smallest absolute Gasteiger partial charge is 0.195 e. The number of nitrogens with two attached hydrogens (primary N) is 1. The second-order valence-electron chi connectivity index (χ2n) is 3.57. The van der Waals surface area contributed by atoms with E-state index in [1.165, 1.54) is 0 Å². The van der Waals surface area contributed by atoms with E-state index in [-0.39, 0.29) is 5.78 Å². The zero-order valence-corrected chi connectivity index (χ0v) is 13.1. The molecule has 100 valence electrons. The van der Waals surface area contributed by atoms with Gasteiger partial charge in [-0.15, -0.1) is 0 Å². The number of nitrogen functional groups attached to an aromatic ring is 1. The number of hydrogen-bond acceptors (Lipinski definition) is 2. The molecule has 2 N–H and O–H groups in total. The molecule has 0 aliphatic heterocycles. The maximum atomic E-state index is 12.2. The average Bonchev–Trinajstić information content (AvgIpc) is 2.44. The van der Waals surface area contributed by atoms with Crippen LogP contribution in [0.4, 0.5) is 5.69 Å². The van der Waals surface area contributed by atoms with Gasteiger partial charge < -0.3 is 5.73 Å². The SMILES string of the molecule is CC.Nc1ccc(Br)cc1C(=O)c1ccc(Cl)cc1. The van der Waals surface area contributed by atoms with Crippen LogP contribution in [0.2, 0.25) is 5.02 Å². The molecule has 0 unspecified atom stereocenters. The molecule has 0 saturated carbocycles. The lowest BCUT2D eigenvalue weighted by atomic mass is 10.0. The molecule has 2 rings (SSSR count). The summed E-state index contributed by atoms with van der Waals surface area (Å²) in [5, 5.41) is 0.601. The van der Waals surface area contributed by atoms with Crippen molar-refractivity contribution in [1.82, 2.24) is 0 Å². The Labute approximate surface area is 126 Å². The van der Waals surface area contributed by atoms with Gasteiger partial charge in [-0.2, -0.15) is 0 Å². The highest BCUT2D eigenvalue weighted by Crippen LogP contribution is 2.22. The monoisotopic (exact) mass is 339 g/mol. The van der Waals surface area contributed by atoms with Crippen molar-refractivity contribution in [2.45, 2.75) is 13.8 Å². The number of halogens is 2. The zero-order valence-electron chi connectivity index (χ0n) is 10.8. The zero-order chi connectivity index (χ0) is 14.4. The van der Waals surface area contributed by atoms with Crippen LogP contribution in [-0.2, 0) is 0 Å². The summed E-state index contributed by atoms with van der Waals surface area (Å²) in [6, 6.07) is 12.0. The molecule has 0 radical (unpaired) electrons. The van der Waals surface area contributed by atoms with E-state index in [0.717, 1.165) is 4.47 Å². The lowest BCUT2D eigenvalue weighted by molar-refractivity contribution is 0.103. The lowest BCUT2D eigenvalue weighted by Gasteiger charge is -2.05. The van der Waals surface area contributed by atoms with E-state index in [2.05, 4.69) is 15.9 Å². The number of carbonyl (C=O) groups is 1. The van der Waals surface area contributed by atoms with Crippen molar-refractivity contribution >= 4 is 39.0 Å². The molecular weight excluding hydrogens is 326 g/mol. The fourth-order valence-corrected chi connectivity index (χ4v) is 1.97. The van der Waals surface area contributed by atoms with Gasteiger partial charge in [0.15, 0.2) is 5.78 Å². The van der Waals surface area contributed by atoms with Crippen molar-refractivity contribution in [3.8, 4) is 0 Å². The number of anilines is 1. The third-order valence-corrected chi connectivity index (χ3v) is 3.11. The van der Waals surface area contributed by atoms with Crippen LogP contribution in [-0.4, -0.2) is 5.78 Å². The van der Waals surface area contributed by atoms with Crippen LogP contribution in [0.25, 0.3) is 0 Å². The summed E-state index contributed by atoms with van der Waals surface area (Å²) in [7, 11) is 0. The quantitative estimate of drug-likeness (QED) is 0.621. The van der Waals surface area contributed by atoms with Gasteiger partial charge in [-0.05, 0) is 42.5 Å². The van der Waals surface area contributed by atoms with E-state index >= 15 is 0 Å². The molecule has 2 nitrogen and oxygen atoms in total. The van der Waals surface area contributed by atoms with Gasteiger partial charge in [0.25, 0.3) is 0 Å². The first-order valence-electron chi connectivity index (χ1n) is 5.93. The minimum atomic E-state index is -0.111. The summed E-state index contributed by atoms with van der Waals surface area (Å²) in [6.07, 6.45) is 0. The number of rotatable bonds is 2. The molecule has 2 aromatic carbocycles. The molecule has 19 heavy (non-hydrogen) atoms. The molecule has 0 aromatic heterocycles. The normalized spacial score (nSPS) is 9.47. The summed E-state index contributed by atoms with van der Waals surface area (Å²) in [5.74, 6) is -0.111. The third-order valence-electron chi connectivity index (χ3n) is 2.37. The van der Waals surface area contributed by atoms with Gasteiger partial charge in [0.05, 0.1) is 0 Å². The maximum absolute atomic E-state index is 12.2. The molecule has 2 aromatic rings. The average molecular weight is 341 g/mol. The molecule has 0 aliphatic rings. The van der Waals surface area contributed by atoms with E-state index in [4.69, 9.17) is 17.3 Å². The summed E-state index contributed by atoms with van der Waals surface area (Å²) < 4.78 is 0.823. The minimum Gasteiger partial charge on any atom is -0.398 e. The first-order valence-corrected chi connectivity index (χ1v) is 7.10. The van der Waals surface area contributed by atoms with Gasteiger partial charge in [0.2, 0.25) is 0 Å². The van der Waals surface area contributed by atoms with Crippen LogP contribution >= 0.6 is 27.5 Å². The minimum absolute atomic E-state index is 0.111. The fraction of sp³-hybridized carbons (Fsp3) is 0.133. The Bertz CT molecular complexity index is 567. The summed E-state index contributed by atoms with van der Waals surface area (Å²) in [5.41, 5.74) is 7.31. The Morgan fingerprint density at radius 1 is 1.11 bits per heavy atom. The Kier molecular flexibility index (Phi) is 6.06. The standard InChI is InChI=1S/C13H9BrClNO.C2H6/c14-9-3-6-12(16)11(7-9)13(17)8-1-4-10(15)5-2-8;1-2/h1-7H,16H2;1-2H3. The Balaban J connectivity index is 0.000000861. The predicted octanol–water partition coefficient (Wildman–Crippen LogP) is 4.94. The van der Waals surface area contributed by atoms with Gasteiger partial charge in [-0.1, -0.05) is 41.4 Å². The van der Waals surface area contributed by atoms with Gasteiger partial charge in [-0.3, -0.25) is 4.79 Å². The van der Waals surface area contributed by atoms with E-state index in [1.807, 2.05) is 13.8 Å². The lowest BCUT2D eigenvalue weighted by Crippen LogP contribution is -2.05. The Morgan fingerprint density at radius 2 is 1.68 bits per heavy atom. The molecule has 0 bridgehead atoms. The second-order valence-corrected chi connectivity index (χ2v) is 4.92. The summed E-state index contributed by atoms with van der Waals surface area (Å²) >= 11 is 9.10. The van der Waals surface area contributed by atoms with Crippen molar-refractivity contribution in [3.63, 3.8) is 0 Å². The largest absolute Gasteiger partial charge is 0.398 e. The molecule has 0 fully saturated rings. The second kappa shape index (κ2) is 7.31. The molecular formula is C15H15BrClNO. The van der Waals surface area contributed by atoms with Gasteiger partial charge >= 0.3 is 0 Å². The van der Waals surface area contributed by atoms with Gasteiger partial charge in [-0.25, -0.2) is 0 Å². The predicted molar refractivity (Wildman–Crippen MR) is 84.8 cm³/mol. The number of hydrogen-bond donors (Lipinski definition) is 1. The van der Waals surface area contributed by atoms with Crippen molar-refractivity contribution < 1.29 is 4.79 Å². The maximum Gasteiger partial charge on any atom is 0.195 e. The molecule has 4 heteroatoms. The van der Waals surface area contributed by atoms with Crippen LogP contribution in [0.3, 0.4) is 0 Å². The molecule has 0 aliphatic carbocycles. The fourth-order valence-electron chi connectivity index (χ4n) is 1.48. The first kappa shape index (κ1) is 15.7. The first-order chi connectivity index (χ1) is 9.08. The van der Waals surface area contributed by atoms with E-state index in [0.29, 0.717) is 21.8 Å². The van der Waals surface area contributed by atoms with E-state index < -0.39 is 0 Å². The molecule has 0 heterocycles.